The van der Waals surface area contributed by atoms with Gasteiger partial charge in [-0.15, -0.1) is 0 Å². The Labute approximate surface area is 175 Å². The molecule has 0 aliphatic rings. The van der Waals surface area contributed by atoms with Crippen LogP contribution in [0.5, 0.6) is 0 Å². The minimum atomic E-state index is -3.23. The Balaban J connectivity index is 1.81. The number of thiazole rings is 1. The van der Waals surface area contributed by atoms with Crippen molar-refractivity contribution in [2.75, 3.05) is 5.75 Å². The first-order chi connectivity index (χ1) is 13.8. The lowest BCUT2D eigenvalue weighted by molar-refractivity contribution is -0.117. The first kappa shape index (κ1) is 21.5. The highest BCUT2D eigenvalue weighted by Crippen LogP contribution is 2.20. The number of carbonyl (C=O) groups excluding carboxylic acids is 1. The predicted molar refractivity (Wildman–Crippen MR) is 118 cm³/mol. The number of aryl methyl sites for hydroxylation is 2. The third kappa shape index (κ3) is 5.03. The topological polar surface area (TPSA) is 68.5 Å². The zero-order chi connectivity index (χ0) is 21.0. The minimum absolute atomic E-state index is 0.0587. The maximum atomic E-state index is 12.5. The Hall–Kier alpha value is -2.25. The highest BCUT2D eigenvalue weighted by Gasteiger charge is 2.12. The predicted octanol–water partition coefficient (Wildman–Crippen LogP) is 4.05. The number of nitrogens with zero attached hydrogens (tertiary/aromatic N) is 2. The van der Waals surface area contributed by atoms with E-state index in [1.165, 1.54) is 16.9 Å². The smallest absolute Gasteiger partial charge is 0.252 e. The fourth-order valence-electron chi connectivity index (χ4n) is 3.12. The van der Waals surface area contributed by atoms with Gasteiger partial charge in [-0.3, -0.25) is 4.79 Å². The van der Waals surface area contributed by atoms with Gasteiger partial charge in [0.15, 0.2) is 14.6 Å². The van der Waals surface area contributed by atoms with E-state index >= 15 is 0 Å². The van der Waals surface area contributed by atoms with Crippen LogP contribution in [-0.4, -0.2) is 24.6 Å². The first-order valence-electron chi connectivity index (χ1n) is 9.81. The molecule has 3 rings (SSSR count). The van der Waals surface area contributed by atoms with Crippen LogP contribution in [0, 0.1) is 0 Å². The van der Waals surface area contributed by atoms with Crippen molar-refractivity contribution in [2.45, 2.75) is 44.4 Å². The second-order valence-corrected chi connectivity index (χ2v) is 10.4. The molecule has 1 aromatic heterocycles. The molecule has 0 N–H and O–H groups in total. The SMILES string of the molecule is CCCCc1ccc2c(c1)sc(=NC(=O)Cc1ccc(S(=O)(=O)CC)cc1)n2C. The fraction of sp³-hybridized carbons (Fsp3) is 0.364. The molecule has 0 unspecified atom stereocenters. The number of aromatic nitrogens is 1. The molecule has 0 spiro atoms. The maximum Gasteiger partial charge on any atom is 0.252 e. The highest BCUT2D eigenvalue weighted by atomic mass is 32.2. The van der Waals surface area contributed by atoms with Gasteiger partial charge in [-0.25, -0.2) is 8.42 Å². The van der Waals surface area contributed by atoms with Gasteiger partial charge in [0.2, 0.25) is 0 Å². The largest absolute Gasteiger partial charge is 0.319 e. The molecule has 29 heavy (non-hydrogen) atoms. The van der Waals surface area contributed by atoms with E-state index in [9.17, 15) is 13.2 Å². The van der Waals surface area contributed by atoms with E-state index in [1.54, 1.807) is 31.2 Å². The van der Waals surface area contributed by atoms with Crippen LogP contribution < -0.4 is 4.80 Å². The van der Waals surface area contributed by atoms with Crippen molar-refractivity contribution in [3.63, 3.8) is 0 Å². The molecule has 0 bridgehead atoms. The lowest BCUT2D eigenvalue weighted by atomic mass is 10.1. The van der Waals surface area contributed by atoms with Crippen molar-refractivity contribution in [1.82, 2.24) is 4.57 Å². The zero-order valence-electron chi connectivity index (χ0n) is 17.0. The van der Waals surface area contributed by atoms with Crippen LogP contribution >= 0.6 is 11.3 Å². The Kier molecular flexibility index (Phi) is 6.70. The summed E-state index contributed by atoms with van der Waals surface area (Å²) in [4.78, 5) is 17.7. The van der Waals surface area contributed by atoms with Crippen LogP contribution in [-0.2, 0) is 34.5 Å². The average Bonchev–Trinajstić information content (AvgIpc) is 3.01. The summed E-state index contributed by atoms with van der Waals surface area (Å²) in [6.45, 7) is 3.80. The lowest BCUT2D eigenvalue weighted by Crippen LogP contribution is -2.14. The van der Waals surface area contributed by atoms with E-state index < -0.39 is 9.84 Å². The fourth-order valence-corrected chi connectivity index (χ4v) is 5.11. The molecule has 1 heterocycles. The van der Waals surface area contributed by atoms with Gasteiger partial charge in [0.05, 0.1) is 27.3 Å². The van der Waals surface area contributed by atoms with Crippen molar-refractivity contribution in [3.05, 3.63) is 58.4 Å². The van der Waals surface area contributed by atoms with E-state index in [2.05, 4.69) is 30.1 Å². The van der Waals surface area contributed by atoms with Gasteiger partial charge in [-0.05, 0) is 48.2 Å². The van der Waals surface area contributed by atoms with Crippen molar-refractivity contribution in [3.8, 4) is 0 Å². The van der Waals surface area contributed by atoms with Crippen LogP contribution in [0.15, 0.2) is 52.4 Å². The molecular formula is C22H26N2O3S2. The Morgan fingerprint density at radius 1 is 1.07 bits per heavy atom. The van der Waals surface area contributed by atoms with E-state index in [0.717, 1.165) is 35.0 Å². The average molecular weight is 431 g/mol. The third-order valence-electron chi connectivity index (χ3n) is 4.93. The van der Waals surface area contributed by atoms with Gasteiger partial charge in [0.1, 0.15) is 0 Å². The molecule has 0 radical (unpaired) electrons. The third-order valence-corrected chi connectivity index (χ3v) is 7.78. The first-order valence-corrected chi connectivity index (χ1v) is 12.3. The number of sulfone groups is 1. The lowest BCUT2D eigenvalue weighted by Gasteiger charge is -2.02. The van der Waals surface area contributed by atoms with Crippen LogP contribution in [0.4, 0.5) is 0 Å². The summed E-state index contributed by atoms with van der Waals surface area (Å²) in [5.74, 6) is -0.187. The normalized spacial score (nSPS) is 12.6. The number of unbranched alkanes of at least 4 members (excludes halogenated alkanes) is 1. The number of amides is 1. The monoisotopic (exact) mass is 430 g/mol. The van der Waals surface area contributed by atoms with Crippen LogP contribution in [0.2, 0.25) is 0 Å². The summed E-state index contributed by atoms with van der Waals surface area (Å²) in [5, 5.41) is 0. The second kappa shape index (κ2) is 9.05. The molecule has 0 fully saturated rings. The number of hydrogen-bond acceptors (Lipinski definition) is 4. The maximum absolute atomic E-state index is 12.5. The molecule has 7 heteroatoms. The molecule has 0 aliphatic carbocycles. The summed E-state index contributed by atoms with van der Waals surface area (Å²) in [5.41, 5.74) is 3.12. The van der Waals surface area contributed by atoms with Gasteiger partial charge in [-0.2, -0.15) is 4.99 Å². The Morgan fingerprint density at radius 2 is 1.76 bits per heavy atom. The summed E-state index contributed by atoms with van der Waals surface area (Å²) < 4.78 is 26.9. The van der Waals surface area contributed by atoms with E-state index in [0.29, 0.717) is 4.80 Å². The summed E-state index contributed by atoms with van der Waals surface area (Å²) in [6.07, 6.45) is 3.53. The number of benzene rings is 2. The second-order valence-electron chi connectivity index (χ2n) is 7.08. The molecule has 154 valence electrons. The minimum Gasteiger partial charge on any atom is -0.319 e. The van der Waals surface area contributed by atoms with Gasteiger partial charge in [0, 0.05) is 7.05 Å². The van der Waals surface area contributed by atoms with Gasteiger partial charge in [0.25, 0.3) is 5.91 Å². The van der Waals surface area contributed by atoms with Crippen molar-refractivity contribution in [1.29, 1.82) is 0 Å². The number of fused-ring (bicyclic) bond motifs is 1. The number of rotatable bonds is 7. The molecule has 1 amide bonds. The quantitative estimate of drug-likeness (QED) is 0.568. The van der Waals surface area contributed by atoms with Crippen molar-refractivity contribution in [2.24, 2.45) is 12.0 Å². The Morgan fingerprint density at radius 3 is 2.41 bits per heavy atom. The van der Waals surface area contributed by atoms with Gasteiger partial charge < -0.3 is 4.57 Å². The molecule has 0 saturated heterocycles. The molecular weight excluding hydrogens is 404 g/mol. The van der Waals surface area contributed by atoms with Crippen LogP contribution in [0.25, 0.3) is 10.2 Å². The summed E-state index contributed by atoms with van der Waals surface area (Å²) >= 11 is 1.52. The van der Waals surface area contributed by atoms with Crippen LogP contribution in [0.1, 0.15) is 37.8 Å². The molecule has 0 atom stereocenters. The van der Waals surface area contributed by atoms with Gasteiger partial charge in [-0.1, -0.05) is 49.8 Å². The summed E-state index contributed by atoms with van der Waals surface area (Å²) in [6, 6.07) is 12.9. The summed E-state index contributed by atoms with van der Waals surface area (Å²) in [7, 11) is -1.31. The number of carbonyl (C=O) groups is 1. The van der Waals surface area contributed by atoms with Crippen molar-refractivity contribution >= 4 is 37.3 Å². The van der Waals surface area contributed by atoms with Crippen LogP contribution in [0.3, 0.4) is 0 Å². The van der Waals surface area contributed by atoms with Gasteiger partial charge >= 0.3 is 0 Å². The van der Waals surface area contributed by atoms with E-state index in [1.807, 2.05) is 11.6 Å². The number of hydrogen-bond donors (Lipinski definition) is 0. The Bertz CT molecular complexity index is 1190. The van der Waals surface area contributed by atoms with E-state index in [4.69, 9.17) is 0 Å². The molecule has 2 aromatic carbocycles. The molecule has 0 aliphatic heterocycles. The molecule has 0 saturated carbocycles. The standard InChI is InChI=1S/C22H26N2O3S2/c1-4-6-7-16-10-13-19-20(14-16)28-22(24(19)3)23-21(25)15-17-8-11-18(12-9-17)29(26,27)5-2/h8-14H,4-7,15H2,1-3H3. The molecule has 3 aromatic rings. The molecule has 5 nitrogen and oxygen atoms in total. The van der Waals surface area contributed by atoms with Crippen molar-refractivity contribution < 1.29 is 13.2 Å². The zero-order valence-corrected chi connectivity index (χ0v) is 18.6. The highest BCUT2D eigenvalue weighted by molar-refractivity contribution is 7.91. The van der Waals surface area contributed by atoms with E-state index in [-0.39, 0.29) is 23.0 Å².